The van der Waals surface area contributed by atoms with E-state index in [0.717, 1.165) is 0 Å². The number of aliphatic hydroxyl groups is 1. The topological polar surface area (TPSA) is 83.8 Å². The van der Waals surface area contributed by atoms with Gasteiger partial charge in [0.15, 0.2) is 0 Å². The lowest BCUT2D eigenvalue weighted by atomic mass is 9.97. The summed E-state index contributed by atoms with van der Waals surface area (Å²) in [6.07, 6.45) is 0. The second-order valence-corrected chi connectivity index (χ2v) is 3.20. The van der Waals surface area contributed by atoms with E-state index in [2.05, 4.69) is 4.74 Å². The number of esters is 1. The van der Waals surface area contributed by atoms with Crippen molar-refractivity contribution in [3.8, 4) is 0 Å². The second-order valence-electron chi connectivity index (χ2n) is 3.20. The fourth-order valence-electron chi connectivity index (χ4n) is 0.368. The van der Waals surface area contributed by atoms with Crippen molar-refractivity contribution in [2.75, 3.05) is 13.2 Å². The fraction of sp³-hybridized carbons (Fsp3) is 0.714. The molecule has 0 aliphatic carbocycles. The molecule has 0 fully saturated rings. The quantitative estimate of drug-likeness (QED) is 0.453. The maximum absolute atomic E-state index is 10.4. The minimum Gasteiger partial charge on any atom is -0.473 e. The first-order valence-corrected chi connectivity index (χ1v) is 3.40. The Hall–Kier alpha value is -1.10. The van der Waals surface area contributed by atoms with Gasteiger partial charge >= 0.3 is 11.9 Å². The van der Waals surface area contributed by atoms with Crippen molar-refractivity contribution >= 4 is 11.9 Å². The van der Waals surface area contributed by atoms with Gasteiger partial charge < -0.3 is 14.9 Å². The molecule has 0 amide bonds. The summed E-state index contributed by atoms with van der Waals surface area (Å²) in [6.45, 7) is 3.04. The molecule has 0 aromatic rings. The third-order valence-corrected chi connectivity index (χ3v) is 1.20. The summed E-state index contributed by atoms with van der Waals surface area (Å²) in [5.74, 6) is -2.92. The molecule has 0 aliphatic heterocycles. The number of carboxylic acids is 1. The third kappa shape index (κ3) is 3.92. The fourth-order valence-corrected chi connectivity index (χ4v) is 0.368. The van der Waals surface area contributed by atoms with Crippen LogP contribution in [0.3, 0.4) is 0 Å². The van der Waals surface area contributed by atoms with E-state index in [1.165, 1.54) is 0 Å². The van der Waals surface area contributed by atoms with Crippen LogP contribution in [0.4, 0.5) is 0 Å². The molecule has 12 heavy (non-hydrogen) atoms. The van der Waals surface area contributed by atoms with Crippen LogP contribution in [-0.2, 0) is 14.3 Å². The summed E-state index contributed by atoms with van der Waals surface area (Å²) in [6, 6.07) is 0. The van der Waals surface area contributed by atoms with Gasteiger partial charge in [0.1, 0.15) is 0 Å². The molecular formula is C7H12O5. The van der Waals surface area contributed by atoms with Gasteiger partial charge in [-0.1, -0.05) is 13.8 Å². The first kappa shape index (κ1) is 10.9. The van der Waals surface area contributed by atoms with E-state index in [1.807, 2.05) is 0 Å². The number of aliphatic carboxylic acids is 1. The number of hydrogen-bond donors (Lipinski definition) is 2. The Labute approximate surface area is 70.0 Å². The second kappa shape index (κ2) is 4.06. The normalized spacial score (nSPS) is 10.9. The van der Waals surface area contributed by atoms with E-state index in [9.17, 15) is 9.59 Å². The van der Waals surface area contributed by atoms with Gasteiger partial charge in [-0.25, -0.2) is 9.59 Å². The minimum atomic E-state index is -1.62. The Morgan fingerprint density at radius 2 is 1.92 bits per heavy atom. The molecule has 5 nitrogen and oxygen atoms in total. The number of carbonyl (C=O) groups excluding carboxylic acids is 1. The number of carbonyl (C=O) groups is 2. The zero-order valence-corrected chi connectivity index (χ0v) is 7.03. The van der Waals surface area contributed by atoms with Gasteiger partial charge in [-0.2, -0.15) is 0 Å². The van der Waals surface area contributed by atoms with Crippen LogP contribution in [0.2, 0.25) is 0 Å². The predicted molar refractivity (Wildman–Crippen MR) is 39.5 cm³/mol. The first-order chi connectivity index (χ1) is 5.39. The summed E-state index contributed by atoms with van der Waals surface area (Å²) >= 11 is 0. The molecule has 0 spiro atoms. The zero-order valence-electron chi connectivity index (χ0n) is 7.03. The molecular weight excluding hydrogens is 164 g/mol. The van der Waals surface area contributed by atoms with Crippen LogP contribution in [0, 0.1) is 5.41 Å². The molecule has 0 saturated carbocycles. The van der Waals surface area contributed by atoms with E-state index < -0.39 is 17.4 Å². The molecule has 0 bridgehead atoms. The molecule has 0 rings (SSSR count). The molecule has 0 aliphatic rings. The molecule has 0 unspecified atom stereocenters. The molecule has 2 N–H and O–H groups in total. The van der Waals surface area contributed by atoms with Crippen molar-refractivity contribution in [2.24, 2.45) is 5.41 Å². The van der Waals surface area contributed by atoms with E-state index in [4.69, 9.17) is 10.2 Å². The Bertz CT molecular complexity index is 184. The lowest BCUT2D eigenvalue weighted by Gasteiger charge is -2.19. The Balaban J connectivity index is 3.83. The maximum atomic E-state index is 10.4. The summed E-state index contributed by atoms with van der Waals surface area (Å²) in [5, 5.41) is 16.8. The average molecular weight is 176 g/mol. The SMILES string of the molecule is CC(C)(CO)COC(=O)C(=O)O. The van der Waals surface area contributed by atoms with Gasteiger partial charge in [-0.05, 0) is 0 Å². The van der Waals surface area contributed by atoms with Gasteiger partial charge in [-0.15, -0.1) is 0 Å². The molecule has 0 aromatic heterocycles. The van der Waals surface area contributed by atoms with Crippen LogP contribution in [0.5, 0.6) is 0 Å². The van der Waals surface area contributed by atoms with E-state index in [0.29, 0.717) is 0 Å². The minimum absolute atomic E-state index is 0.103. The monoisotopic (exact) mass is 176 g/mol. The Morgan fingerprint density at radius 3 is 2.25 bits per heavy atom. The number of ether oxygens (including phenoxy) is 1. The van der Waals surface area contributed by atoms with Gasteiger partial charge in [0.2, 0.25) is 0 Å². The highest BCUT2D eigenvalue weighted by Gasteiger charge is 2.21. The molecule has 0 saturated heterocycles. The molecule has 70 valence electrons. The van der Waals surface area contributed by atoms with E-state index in [-0.39, 0.29) is 13.2 Å². The van der Waals surface area contributed by atoms with Crippen LogP contribution >= 0.6 is 0 Å². The third-order valence-electron chi connectivity index (χ3n) is 1.20. The van der Waals surface area contributed by atoms with Crippen LogP contribution in [0.25, 0.3) is 0 Å². The number of hydrogen-bond acceptors (Lipinski definition) is 4. The van der Waals surface area contributed by atoms with Crippen LogP contribution in [0.1, 0.15) is 13.8 Å². The van der Waals surface area contributed by atoms with Crippen molar-refractivity contribution in [1.82, 2.24) is 0 Å². The largest absolute Gasteiger partial charge is 0.473 e. The summed E-state index contributed by atoms with van der Waals surface area (Å²) in [4.78, 5) is 20.4. The van der Waals surface area contributed by atoms with Gasteiger partial charge in [0, 0.05) is 5.41 Å². The molecule has 0 radical (unpaired) electrons. The highest BCUT2D eigenvalue weighted by molar-refractivity contribution is 6.28. The van der Waals surface area contributed by atoms with Crippen LogP contribution in [-0.4, -0.2) is 35.4 Å². The number of rotatable bonds is 3. The van der Waals surface area contributed by atoms with Gasteiger partial charge in [0.05, 0.1) is 13.2 Å². The van der Waals surface area contributed by atoms with Crippen molar-refractivity contribution in [3.63, 3.8) is 0 Å². The van der Waals surface area contributed by atoms with Crippen molar-refractivity contribution in [1.29, 1.82) is 0 Å². The van der Waals surface area contributed by atoms with Crippen molar-refractivity contribution in [3.05, 3.63) is 0 Å². The van der Waals surface area contributed by atoms with Crippen LogP contribution in [0.15, 0.2) is 0 Å². The molecule has 5 heteroatoms. The smallest absolute Gasteiger partial charge is 0.417 e. The summed E-state index contributed by atoms with van der Waals surface area (Å²) in [7, 11) is 0. The number of aliphatic hydroxyl groups excluding tert-OH is 1. The summed E-state index contributed by atoms with van der Waals surface area (Å²) < 4.78 is 4.36. The van der Waals surface area contributed by atoms with Crippen molar-refractivity contribution < 1.29 is 24.5 Å². The standard InChI is InChI=1S/C7H12O5/c1-7(2,3-8)4-12-6(11)5(9)10/h8H,3-4H2,1-2H3,(H,9,10). The highest BCUT2D eigenvalue weighted by Crippen LogP contribution is 2.13. The van der Waals surface area contributed by atoms with Crippen LogP contribution < -0.4 is 0 Å². The lowest BCUT2D eigenvalue weighted by Crippen LogP contribution is -2.28. The van der Waals surface area contributed by atoms with E-state index >= 15 is 0 Å². The average Bonchev–Trinajstić information content (AvgIpc) is 2.00. The Kier molecular flexibility index (Phi) is 3.69. The molecule has 0 aromatic carbocycles. The maximum Gasteiger partial charge on any atom is 0.417 e. The Morgan fingerprint density at radius 1 is 1.42 bits per heavy atom. The van der Waals surface area contributed by atoms with Gasteiger partial charge in [0.25, 0.3) is 0 Å². The predicted octanol–water partition coefficient (Wildman–Crippen LogP) is -0.367. The zero-order chi connectivity index (χ0) is 9.78. The highest BCUT2D eigenvalue weighted by atomic mass is 16.6. The molecule has 0 heterocycles. The van der Waals surface area contributed by atoms with Crippen molar-refractivity contribution in [2.45, 2.75) is 13.8 Å². The van der Waals surface area contributed by atoms with Gasteiger partial charge in [-0.3, -0.25) is 0 Å². The molecule has 0 atom stereocenters. The number of carboxylic acid groups (broad SMARTS) is 1. The summed E-state index contributed by atoms with van der Waals surface area (Å²) in [5.41, 5.74) is -0.592. The van der Waals surface area contributed by atoms with E-state index in [1.54, 1.807) is 13.8 Å². The lowest BCUT2D eigenvalue weighted by molar-refractivity contribution is -0.166. The first-order valence-electron chi connectivity index (χ1n) is 3.40.